The highest BCUT2D eigenvalue weighted by molar-refractivity contribution is 7.92. The molecule has 0 aliphatic carbocycles. The molecule has 0 bridgehead atoms. The first-order chi connectivity index (χ1) is 14.3. The monoisotopic (exact) mass is 446 g/mol. The summed E-state index contributed by atoms with van der Waals surface area (Å²) in [7, 11) is -4.22. The van der Waals surface area contributed by atoms with Gasteiger partial charge in [-0.3, -0.25) is 4.72 Å². The second-order valence-electron chi connectivity index (χ2n) is 6.29. The lowest BCUT2D eigenvalue weighted by Crippen LogP contribution is -2.14. The van der Waals surface area contributed by atoms with Crippen LogP contribution in [0.4, 0.5) is 14.5 Å². The predicted octanol–water partition coefficient (Wildman–Crippen LogP) is 5.74. The van der Waals surface area contributed by atoms with Crippen molar-refractivity contribution in [3.8, 4) is 22.6 Å². The molecule has 5 nitrogen and oxygen atoms in total. The van der Waals surface area contributed by atoms with Crippen molar-refractivity contribution in [1.82, 2.24) is 4.98 Å². The summed E-state index contributed by atoms with van der Waals surface area (Å²) in [6, 6.07) is 13.9. The van der Waals surface area contributed by atoms with Gasteiger partial charge in [-0.1, -0.05) is 23.7 Å². The Balaban J connectivity index is 1.61. The molecule has 1 heterocycles. The van der Waals surface area contributed by atoms with Crippen LogP contribution in [0, 0.1) is 11.6 Å². The van der Waals surface area contributed by atoms with Gasteiger partial charge < -0.3 is 4.42 Å². The highest BCUT2D eigenvalue weighted by Gasteiger charge is 2.20. The summed E-state index contributed by atoms with van der Waals surface area (Å²) < 4.78 is 59.3. The molecular formula is C21H13ClF2N2O3S. The largest absolute Gasteiger partial charge is 0.445 e. The van der Waals surface area contributed by atoms with Crippen LogP contribution in [-0.2, 0) is 10.0 Å². The Hall–Kier alpha value is -3.23. The summed E-state index contributed by atoms with van der Waals surface area (Å²) in [5.74, 6) is -1.59. The van der Waals surface area contributed by atoms with Crippen molar-refractivity contribution in [3.63, 3.8) is 0 Å². The molecule has 0 atom stereocenters. The molecule has 0 saturated heterocycles. The van der Waals surface area contributed by atoms with Crippen molar-refractivity contribution >= 4 is 27.3 Å². The fraction of sp³-hybridized carbons (Fsp3) is 0. The highest BCUT2D eigenvalue weighted by atomic mass is 35.5. The van der Waals surface area contributed by atoms with Gasteiger partial charge in [0.15, 0.2) is 0 Å². The van der Waals surface area contributed by atoms with E-state index in [1.54, 1.807) is 30.3 Å². The standard InChI is InChI=1S/C21H13ClF2N2O3S/c22-18-7-3-14(21-25-9-10-29-21)11-17(18)13-1-5-16(6-2-13)26-30(27,28)20-8-4-15(23)12-19(20)24/h1-12,26H. The minimum Gasteiger partial charge on any atom is -0.445 e. The molecule has 3 aromatic carbocycles. The summed E-state index contributed by atoms with van der Waals surface area (Å²) in [4.78, 5) is 3.46. The van der Waals surface area contributed by atoms with Crippen LogP contribution >= 0.6 is 11.6 Å². The van der Waals surface area contributed by atoms with Crippen molar-refractivity contribution in [3.05, 3.63) is 89.8 Å². The van der Waals surface area contributed by atoms with E-state index in [0.717, 1.165) is 23.3 Å². The Bertz CT molecular complexity index is 1310. The predicted molar refractivity (Wildman–Crippen MR) is 110 cm³/mol. The number of hydrogen-bond donors (Lipinski definition) is 1. The van der Waals surface area contributed by atoms with Gasteiger partial charge in [0.25, 0.3) is 10.0 Å². The van der Waals surface area contributed by atoms with E-state index >= 15 is 0 Å². The molecule has 0 saturated carbocycles. The molecule has 0 fully saturated rings. The van der Waals surface area contributed by atoms with Gasteiger partial charge in [0.05, 0.1) is 6.20 Å². The number of anilines is 1. The summed E-state index contributed by atoms with van der Waals surface area (Å²) in [6.45, 7) is 0. The zero-order chi connectivity index (χ0) is 21.3. The lowest BCUT2D eigenvalue weighted by Gasteiger charge is -2.11. The van der Waals surface area contributed by atoms with Gasteiger partial charge in [-0.2, -0.15) is 0 Å². The zero-order valence-corrected chi connectivity index (χ0v) is 16.7. The smallest absolute Gasteiger partial charge is 0.264 e. The number of rotatable bonds is 5. The van der Waals surface area contributed by atoms with Gasteiger partial charge in [-0.15, -0.1) is 0 Å². The molecule has 0 spiro atoms. The molecule has 0 radical (unpaired) electrons. The Kier molecular flexibility index (Phi) is 5.27. The van der Waals surface area contributed by atoms with E-state index in [1.165, 1.54) is 24.6 Å². The third kappa shape index (κ3) is 4.05. The highest BCUT2D eigenvalue weighted by Crippen LogP contribution is 2.33. The van der Waals surface area contributed by atoms with E-state index in [2.05, 4.69) is 9.71 Å². The summed E-state index contributed by atoms with van der Waals surface area (Å²) in [6.07, 6.45) is 3.00. The molecule has 9 heteroatoms. The number of oxazole rings is 1. The summed E-state index contributed by atoms with van der Waals surface area (Å²) in [5, 5.41) is 0.493. The van der Waals surface area contributed by atoms with E-state index in [4.69, 9.17) is 16.0 Å². The minimum absolute atomic E-state index is 0.211. The third-order valence-corrected chi connectivity index (χ3v) is 6.02. The molecular weight excluding hydrogens is 434 g/mol. The Morgan fingerprint density at radius 1 is 0.933 bits per heavy atom. The van der Waals surface area contributed by atoms with Crippen molar-refractivity contribution in [2.24, 2.45) is 0 Å². The van der Waals surface area contributed by atoms with Crippen LogP contribution in [0.3, 0.4) is 0 Å². The van der Waals surface area contributed by atoms with Gasteiger partial charge in [0.1, 0.15) is 22.8 Å². The maximum absolute atomic E-state index is 13.8. The third-order valence-electron chi connectivity index (χ3n) is 4.28. The molecule has 4 rings (SSSR count). The lowest BCUT2D eigenvalue weighted by atomic mass is 10.0. The van der Waals surface area contributed by atoms with E-state index in [-0.39, 0.29) is 5.69 Å². The van der Waals surface area contributed by atoms with Crippen LogP contribution in [0.5, 0.6) is 0 Å². The minimum atomic E-state index is -4.22. The van der Waals surface area contributed by atoms with Gasteiger partial charge in [-0.05, 0) is 48.0 Å². The van der Waals surface area contributed by atoms with E-state index in [1.807, 2.05) is 0 Å². The number of sulfonamides is 1. The van der Waals surface area contributed by atoms with Crippen LogP contribution in [0.25, 0.3) is 22.6 Å². The van der Waals surface area contributed by atoms with Crippen LogP contribution in [0.15, 0.2) is 82.4 Å². The fourth-order valence-corrected chi connectivity index (χ4v) is 4.21. The first kappa shape index (κ1) is 20.1. The maximum atomic E-state index is 13.8. The average molecular weight is 447 g/mol. The summed E-state index contributed by atoms with van der Waals surface area (Å²) in [5.41, 5.74) is 2.37. The topological polar surface area (TPSA) is 72.2 Å². The molecule has 0 unspecified atom stereocenters. The molecule has 0 amide bonds. The quantitative estimate of drug-likeness (QED) is 0.424. The number of benzene rings is 3. The number of halogens is 3. The molecule has 152 valence electrons. The number of nitrogens with one attached hydrogen (secondary N) is 1. The van der Waals surface area contributed by atoms with Crippen molar-refractivity contribution in [2.75, 3.05) is 4.72 Å². The second-order valence-corrected chi connectivity index (χ2v) is 8.35. The van der Waals surface area contributed by atoms with E-state index < -0.39 is 26.6 Å². The fourth-order valence-electron chi connectivity index (χ4n) is 2.87. The maximum Gasteiger partial charge on any atom is 0.264 e. The molecule has 1 N–H and O–H groups in total. The molecule has 30 heavy (non-hydrogen) atoms. The van der Waals surface area contributed by atoms with Crippen molar-refractivity contribution < 1.29 is 21.6 Å². The Morgan fingerprint density at radius 3 is 2.33 bits per heavy atom. The second kappa shape index (κ2) is 7.89. The van der Waals surface area contributed by atoms with Crippen molar-refractivity contribution in [2.45, 2.75) is 4.90 Å². The number of aromatic nitrogens is 1. The van der Waals surface area contributed by atoms with Crippen LogP contribution in [-0.4, -0.2) is 13.4 Å². The van der Waals surface area contributed by atoms with E-state index in [0.29, 0.717) is 22.5 Å². The first-order valence-electron chi connectivity index (χ1n) is 8.61. The molecule has 0 aliphatic heterocycles. The van der Waals surface area contributed by atoms with Crippen LogP contribution in [0.2, 0.25) is 5.02 Å². The van der Waals surface area contributed by atoms with E-state index in [9.17, 15) is 17.2 Å². The number of hydrogen-bond acceptors (Lipinski definition) is 4. The first-order valence-corrected chi connectivity index (χ1v) is 10.5. The number of nitrogens with zero attached hydrogens (tertiary/aromatic N) is 1. The van der Waals surface area contributed by atoms with Crippen LogP contribution in [0.1, 0.15) is 0 Å². The van der Waals surface area contributed by atoms with Gasteiger partial charge in [0, 0.05) is 27.9 Å². The Morgan fingerprint density at radius 2 is 1.67 bits per heavy atom. The van der Waals surface area contributed by atoms with Crippen LogP contribution < -0.4 is 4.72 Å². The van der Waals surface area contributed by atoms with Gasteiger partial charge >= 0.3 is 0 Å². The van der Waals surface area contributed by atoms with Gasteiger partial charge in [-0.25, -0.2) is 22.2 Å². The van der Waals surface area contributed by atoms with Crippen molar-refractivity contribution in [1.29, 1.82) is 0 Å². The average Bonchev–Trinajstić information content (AvgIpc) is 3.23. The Labute approximate surface area is 176 Å². The summed E-state index contributed by atoms with van der Waals surface area (Å²) >= 11 is 6.31. The lowest BCUT2D eigenvalue weighted by molar-refractivity contribution is 0.551. The SMILES string of the molecule is O=S(=O)(Nc1ccc(-c2cc(-c3ncco3)ccc2Cl)cc1)c1ccc(F)cc1F. The van der Waals surface area contributed by atoms with Gasteiger partial charge in [0.2, 0.25) is 5.89 Å². The zero-order valence-electron chi connectivity index (χ0n) is 15.1. The normalized spacial score (nSPS) is 11.4. The molecule has 1 aromatic heterocycles. The molecule has 4 aromatic rings. The molecule has 0 aliphatic rings.